The van der Waals surface area contributed by atoms with Crippen LogP contribution in [0.15, 0.2) is 57.9 Å². The molecule has 0 N–H and O–H groups in total. The maximum Gasteiger partial charge on any atom is 0.246 e. The van der Waals surface area contributed by atoms with Gasteiger partial charge in [-0.05, 0) is 44.0 Å². The zero-order chi connectivity index (χ0) is 23.6. The van der Waals surface area contributed by atoms with Crippen molar-refractivity contribution in [1.29, 1.82) is 0 Å². The van der Waals surface area contributed by atoms with Gasteiger partial charge in [-0.3, -0.25) is 4.79 Å². The molecule has 174 valence electrons. The Morgan fingerprint density at radius 1 is 1.21 bits per heavy atom. The van der Waals surface area contributed by atoms with Gasteiger partial charge in [-0.1, -0.05) is 46.6 Å². The van der Waals surface area contributed by atoms with E-state index in [9.17, 15) is 13.2 Å². The van der Waals surface area contributed by atoms with Crippen LogP contribution in [0.1, 0.15) is 24.3 Å². The molecule has 1 atom stereocenters. The number of nitrogens with zero attached hydrogens (tertiary/aromatic N) is 4. The fraction of sp³-hybridized carbons (Fsp3) is 0.348. The zero-order valence-electron chi connectivity index (χ0n) is 18.4. The molecule has 1 saturated heterocycles. The summed E-state index contributed by atoms with van der Waals surface area (Å²) in [5.74, 6) is 0.0384. The molecule has 0 radical (unpaired) electrons. The van der Waals surface area contributed by atoms with Crippen molar-refractivity contribution in [2.45, 2.75) is 31.2 Å². The third-order valence-electron chi connectivity index (χ3n) is 5.72. The number of hydrogen-bond acceptors (Lipinski definition) is 6. The molecule has 0 bridgehead atoms. The molecule has 2 aromatic carbocycles. The Morgan fingerprint density at radius 3 is 2.67 bits per heavy atom. The van der Waals surface area contributed by atoms with Crippen molar-refractivity contribution in [3.05, 3.63) is 65.0 Å². The monoisotopic (exact) mass is 488 g/mol. The second-order valence-corrected chi connectivity index (χ2v) is 10.5. The standard InChI is InChI=1S/C23H25ClN4O4S/c1-16-9-11-18(12-10-16)33(30,31)28-13-5-6-17(14-28)23(29)27(2)15-21-25-22(26-32-21)19-7-3-4-8-20(19)24/h3-4,7-12,17H,5-6,13-15H2,1-2H3. The molecule has 1 aliphatic rings. The molecule has 10 heteroatoms. The van der Waals surface area contributed by atoms with Crippen molar-refractivity contribution >= 4 is 27.5 Å². The van der Waals surface area contributed by atoms with Crippen molar-refractivity contribution in [3.8, 4) is 11.4 Å². The average molecular weight is 489 g/mol. The zero-order valence-corrected chi connectivity index (χ0v) is 20.0. The van der Waals surface area contributed by atoms with Gasteiger partial charge in [-0.25, -0.2) is 8.42 Å². The first-order valence-electron chi connectivity index (χ1n) is 10.6. The summed E-state index contributed by atoms with van der Waals surface area (Å²) < 4.78 is 32.8. The lowest BCUT2D eigenvalue weighted by Crippen LogP contribution is -2.45. The van der Waals surface area contributed by atoms with Crippen molar-refractivity contribution in [1.82, 2.24) is 19.3 Å². The van der Waals surface area contributed by atoms with E-state index in [0.717, 1.165) is 5.56 Å². The molecule has 0 spiro atoms. The van der Waals surface area contributed by atoms with E-state index >= 15 is 0 Å². The van der Waals surface area contributed by atoms with Gasteiger partial charge in [0.25, 0.3) is 0 Å². The molecule has 1 amide bonds. The van der Waals surface area contributed by atoms with Crippen molar-refractivity contribution in [2.75, 3.05) is 20.1 Å². The lowest BCUT2D eigenvalue weighted by molar-refractivity contribution is -0.136. The van der Waals surface area contributed by atoms with E-state index in [4.69, 9.17) is 16.1 Å². The Kier molecular flexibility index (Phi) is 6.83. The number of carbonyl (C=O) groups excluding carboxylic acids is 1. The molecular weight excluding hydrogens is 464 g/mol. The van der Waals surface area contributed by atoms with Crippen molar-refractivity contribution in [2.24, 2.45) is 5.92 Å². The molecule has 0 saturated carbocycles. The third-order valence-corrected chi connectivity index (χ3v) is 7.93. The van der Waals surface area contributed by atoms with Crippen LogP contribution in [0, 0.1) is 12.8 Å². The van der Waals surface area contributed by atoms with Gasteiger partial charge < -0.3 is 9.42 Å². The van der Waals surface area contributed by atoms with Crippen LogP contribution in [-0.4, -0.2) is 53.8 Å². The van der Waals surface area contributed by atoms with E-state index < -0.39 is 15.9 Å². The Bertz CT molecular complexity index is 1240. The molecule has 1 fully saturated rings. The third kappa shape index (κ3) is 5.10. The SMILES string of the molecule is Cc1ccc(S(=O)(=O)N2CCCC(C(=O)N(C)Cc3nc(-c4ccccc4Cl)no3)C2)cc1. The van der Waals surface area contributed by atoms with Crippen LogP contribution in [-0.2, 0) is 21.4 Å². The van der Waals surface area contributed by atoms with Crippen LogP contribution >= 0.6 is 11.6 Å². The van der Waals surface area contributed by atoms with Gasteiger partial charge in [0.05, 0.1) is 22.4 Å². The number of amides is 1. The predicted molar refractivity (Wildman–Crippen MR) is 124 cm³/mol. The maximum absolute atomic E-state index is 13.1. The Labute approximate surface area is 198 Å². The van der Waals surface area contributed by atoms with Gasteiger partial charge in [0.15, 0.2) is 0 Å². The molecule has 8 nitrogen and oxygen atoms in total. The van der Waals surface area contributed by atoms with Gasteiger partial charge >= 0.3 is 0 Å². The highest BCUT2D eigenvalue weighted by atomic mass is 35.5. The highest BCUT2D eigenvalue weighted by Gasteiger charge is 2.34. The van der Waals surface area contributed by atoms with Gasteiger partial charge in [-0.15, -0.1) is 0 Å². The highest BCUT2D eigenvalue weighted by Crippen LogP contribution is 2.27. The number of hydrogen-bond donors (Lipinski definition) is 0. The first-order valence-corrected chi connectivity index (χ1v) is 12.5. The van der Waals surface area contributed by atoms with Crippen LogP contribution in [0.25, 0.3) is 11.4 Å². The summed E-state index contributed by atoms with van der Waals surface area (Å²) in [6.07, 6.45) is 1.24. The minimum atomic E-state index is -3.65. The molecule has 2 heterocycles. The van der Waals surface area contributed by atoms with Crippen LogP contribution in [0.5, 0.6) is 0 Å². The normalized spacial score (nSPS) is 17.1. The first kappa shape index (κ1) is 23.4. The second kappa shape index (κ2) is 9.62. The maximum atomic E-state index is 13.1. The molecule has 33 heavy (non-hydrogen) atoms. The van der Waals surface area contributed by atoms with Crippen molar-refractivity contribution in [3.63, 3.8) is 0 Å². The number of rotatable bonds is 6. The number of benzene rings is 2. The molecule has 4 rings (SSSR count). The lowest BCUT2D eigenvalue weighted by Gasteiger charge is -2.33. The topological polar surface area (TPSA) is 96.6 Å². The van der Waals surface area contributed by atoms with E-state index in [1.807, 2.05) is 19.1 Å². The van der Waals surface area contributed by atoms with Gasteiger partial charge in [0, 0.05) is 25.7 Å². The molecular formula is C23H25ClN4O4S. The Hall–Kier alpha value is -2.75. The first-order chi connectivity index (χ1) is 15.8. The molecule has 1 aliphatic heterocycles. The van der Waals surface area contributed by atoms with Crippen molar-refractivity contribution < 1.29 is 17.7 Å². The lowest BCUT2D eigenvalue weighted by atomic mass is 9.98. The van der Waals surface area contributed by atoms with Crippen LogP contribution in [0.2, 0.25) is 5.02 Å². The minimum absolute atomic E-state index is 0.123. The second-order valence-electron chi connectivity index (χ2n) is 8.20. The summed E-state index contributed by atoms with van der Waals surface area (Å²) in [7, 11) is -2.00. The number of aryl methyl sites for hydroxylation is 1. The van der Waals surface area contributed by atoms with E-state index in [2.05, 4.69) is 10.1 Å². The van der Waals surface area contributed by atoms with Crippen LogP contribution in [0.3, 0.4) is 0 Å². The van der Waals surface area contributed by atoms with E-state index in [0.29, 0.717) is 35.8 Å². The summed E-state index contributed by atoms with van der Waals surface area (Å²) in [6.45, 7) is 2.57. The highest BCUT2D eigenvalue weighted by molar-refractivity contribution is 7.89. The summed E-state index contributed by atoms with van der Waals surface area (Å²) in [4.78, 5) is 19.2. The largest absolute Gasteiger partial charge is 0.337 e. The predicted octanol–water partition coefficient (Wildman–Crippen LogP) is 3.76. The van der Waals surface area contributed by atoms with Gasteiger partial charge in [0.2, 0.25) is 27.6 Å². The average Bonchev–Trinajstić information content (AvgIpc) is 3.27. The summed E-state index contributed by atoms with van der Waals surface area (Å²) in [5.41, 5.74) is 1.63. The minimum Gasteiger partial charge on any atom is -0.337 e. The number of sulfonamides is 1. The van der Waals surface area contributed by atoms with Gasteiger partial charge in [0.1, 0.15) is 0 Å². The van der Waals surface area contributed by atoms with E-state index in [1.165, 1.54) is 9.21 Å². The molecule has 1 unspecified atom stereocenters. The summed E-state index contributed by atoms with van der Waals surface area (Å²) in [5, 5.41) is 4.47. The quantitative estimate of drug-likeness (QED) is 0.524. The Morgan fingerprint density at radius 2 is 1.94 bits per heavy atom. The van der Waals surface area contributed by atoms with E-state index in [-0.39, 0.29) is 29.8 Å². The fourth-order valence-electron chi connectivity index (χ4n) is 3.89. The van der Waals surface area contributed by atoms with Gasteiger partial charge in [-0.2, -0.15) is 9.29 Å². The molecule has 0 aliphatic carbocycles. The number of carbonyl (C=O) groups is 1. The fourth-order valence-corrected chi connectivity index (χ4v) is 5.63. The van der Waals surface area contributed by atoms with Crippen LogP contribution in [0.4, 0.5) is 0 Å². The van der Waals surface area contributed by atoms with E-state index in [1.54, 1.807) is 43.4 Å². The summed E-state index contributed by atoms with van der Waals surface area (Å²) in [6, 6.07) is 13.9. The van der Waals surface area contributed by atoms with Crippen LogP contribution < -0.4 is 0 Å². The Balaban J connectivity index is 1.42. The molecule has 3 aromatic rings. The summed E-state index contributed by atoms with van der Waals surface area (Å²) >= 11 is 6.19. The number of piperidine rings is 1. The number of aromatic nitrogens is 2. The number of halogens is 1. The molecule has 1 aromatic heterocycles. The smallest absolute Gasteiger partial charge is 0.246 e.